The largest absolute Gasteiger partial charge is 0.377 e. The Morgan fingerprint density at radius 1 is 1.10 bits per heavy atom. The van der Waals surface area contributed by atoms with E-state index in [9.17, 15) is 8.42 Å². The van der Waals surface area contributed by atoms with Crippen LogP contribution in [0, 0.1) is 0 Å². The second kappa shape index (κ2) is 5.95. The molecule has 2 aromatic rings. The van der Waals surface area contributed by atoms with E-state index in [1.165, 1.54) is 6.07 Å². The lowest BCUT2D eigenvalue weighted by atomic mass is 10.1. The van der Waals surface area contributed by atoms with Gasteiger partial charge in [-0.25, -0.2) is 13.6 Å². The van der Waals surface area contributed by atoms with Crippen LogP contribution in [0.25, 0.3) is 0 Å². The van der Waals surface area contributed by atoms with Crippen molar-refractivity contribution in [1.29, 1.82) is 0 Å². The maximum Gasteiger partial charge on any atom is 0.240 e. The number of nitrogens with one attached hydrogen (secondary N) is 1. The molecule has 0 amide bonds. The van der Waals surface area contributed by atoms with Gasteiger partial charge in [-0.3, -0.25) is 0 Å². The molecule has 0 aromatic heterocycles. The van der Waals surface area contributed by atoms with Crippen molar-refractivity contribution in [2.45, 2.75) is 17.9 Å². The minimum Gasteiger partial charge on any atom is -0.377 e. The first-order valence-corrected chi connectivity index (χ1v) is 8.35. The molecule has 4 nitrogen and oxygen atoms in total. The summed E-state index contributed by atoms with van der Waals surface area (Å²) in [5.74, 6) is 0. The summed E-state index contributed by atoms with van der Waals surface area (Å²) in [6.07, 6.45) is 0. The van der Waals surface area contributed by atoms with Crippen molar-refractivity contribution in [3.05, 3.63) is 58.6 Å². The lowest BCUT2D eigenvalue weighted by molar-refractivity contribution is 0.598. The van der Waals surface area contributed by atoms with E-state index < -0.39 is 10.0 Å². The standard InChI is InChI=1S/C14H15BrN2O2S/c1-10(11-6-8-12(15)9-7-11)17-13-4-2-3-5-14(13)20(16,18)19/h2-10,17H,1H3,(H2,16,18,19). The summed E-state index contributed by atoms with van der Waals surface area (Å²) < 4.78 is 24.1. The molecule has 0 bridgehead atoms. The van der Waals surface area contributed by atoms with Gasteiger partial charge >= 0.3 is 0 Å². The lowest BCUT2D eigenvalue weighted by Gasteiger charge is -2.17. The van der Waals surface area contributed by atoms with Gasteiger partial charge in [0.25, 0.3) is 0 Å². The van der Waals surface area contributed by atoms with Crippen LogP contribution in [0.1, 0.15) is 18.5 Å². The van der Waals surface area contributed by atoms with E-state index in [0.29, 0.717) is 5.69 Å². The highest BCUT2D eigenvalue weighted by Crippen LogP contribution is 2.25. The zero-order valence-electron chi connectivity index (χ0n) is 10.9. The average Bonchev–Trinajstić information content (AvgIpc) is 2.38. The number of hydrogen-bond donors (Lipinski definition) is 2. The quantitative estimate of drug-likeness (QED) is 0.884. The summed E-state index contributed by atoms with van der Waals surface area (Å²) in [5.41, 5.74) is 1.56. The monoisotopic (exact) mass is 354 g/mol. The van der Waals surface area contributed by atoms with E-state index in [2.05, 4.69) is 21.2 Å². The van der Waals surface area contributed by atoms with Gasteiger partial charge in [-0.1, -0.05) is 40.2 Å². The topological polar surface area (TPSA) is 72.2 Å². The Hall–Kier alpha value is -1.37. The SMILES string of the molecule is CC(Nc1ccccc1S(N)(=O)=O)c1ccc(Br)cc1. The first kappa shape index (κ1) is 15.0. The summed E-state index contributed by atoms with van der Waals surface area (Å²) in [6, 6.07) is 14.4. The van der Waals surface area contributed by atoms with Gasteiger partial charge in [-0.05, 0) is 36.8 Å². The maximum absolute atomic E-state index is 11.5. The molecule has 1 unspecified atom stereocenters. The maximum atomic E-state index is 11.5. The third-order valence-corrected chi connectivity index (χ3v) is 4.43. The number of sulfonamides is 1. The fourth-order valence-electron chi connectivity index (χ4n) is 1.90. The van der Waals surface area contributed by atoms with E-state index in [4.69, 9.17) is 5.14 Å². The summed E-state index contributed by atoms with van der Waals surface area (Å²) >= 11 is 3.38. The Bertz CT molecular complexity index is 699. The fourth-order valence-corrected chi connectivity index (χ4v) is 2.87. The lowest BCUT2D eigenvalue weighted by Crippen LogP contribution is -2.16. The average molecular weight is 355 g/mol. The van der Waals surface area contributed by atoms with Crippen molar-refractivity contribution in [1.82, 2.24) is 0 Å². The third kappa shape index (κ3) is 3.59. The van der Waals surface area contributed by atoms with Crippen LogP contribution in [0.3, 0.4) is 0 Å². The molecule has 0 fully saturated rings. The summed E-state index contributed by atoms with van der Waals surface area (Å²) in [4.78, 5) is 0.101. The molecule has 0 radical (unpaired) electrons. The van der Waals surface area contributed by atoms with Crippen LogP contribution in [-0.4, -0.2) is 8.42 Å². The zero-order chi connectivity index (χ0) is 14.8. The predicted octanol–water partition coefficient (Wildman–Crippen LogP) is 3.27. The molecule has 20 heavy (non-hydrogen) atoms. The van der Waals surface area contributed by atoms with Gasteiger partial charge in [0.05, 0.1) is 5.69 Å². The number of primary sulfonamides is 1. The number of rotatable bonds is 4. The number of benzene rings is 2. The molecule has 0 aliphatic carbocycles. The normalized spacial score (nSPS) is 12.9. The van der Waals surface area contributed by atoms with Crippen molar-refractivity contribution in [2.24, 2.45) is 5.14 Å². The second-order valence-corrected chi connectivity index (χ2v) is 6.90. The third-order valence-electron chi connectivity index (χ3n) is 2.94. The van der Waals surface area contributed by atoms with Crippen LogP contribution in [0.4, 0.5) is 5.69 Å². The molecule has 0 aliphatic heterocycles. The van der Waals surface area contributed by atoms with Crippen molar-refractivity contribution < 1.29 is 8.42 Å². The van der Waals surface area contributed by atoms with Gasteiger partial charge in [0.2, 0.25) is 10.0 Å². The summed E-state index contributed by atoms with van der Waals surface area (Å²) in [6.45, 7) is 1.96. The van der Waals surface area contributed by atoms with Crippen LogP contribution in [-0.2, 0) is 10.0 Å². The van der Waals surface area contributed by atoms with Crippen LogP contribution < -0.4 is 10.5 Å². The molecule has 0 saturated carbocycles. The molecule has 0 heterocycles. The van der Waals surface area contributed by atoms with Gasteiger partial charge in [-0.2, -0.15) is 0 Å². The molecule has 6 heteroatoms. The fraction of sp³-hybridized carbons (Fsp3) is 0.143. The highest BCUT2D eigenvalue weighted by atomic mass is 79.9. The molecular weight excluding hydrogens is 340 g/mol. The molecule has 2 rings (SSSR count). The summed E-state index contributed by atoms with van der Waals surface area (Å²) in [7, 11) is -3.74. The van der Waals surface area contributed by atoms with Crippen molar-refractivity contribution >= 4 is 31.6 Å². The molecular formula is C14H15BrN2O2S. The molecule has 1 atom stereocenters. The Morgan fingerprint density at radius 3 is 2.30 bits per heavy atom. The van der Waals surface area contributed by atoms with Gasteiger partial charge in [0.1, 0.15) is 4.90 Å². The molecule has 0 saturated heterocycles. The Balaban J connectivity index is 2.28. The van der Waals surface area contributed by atoms with Crippen LogP contribution >= 0.6 is 15.9 Å². The van der Waals surface area contributed by atoms with Crippen molar-refractivity contribution in [2.75, 3.05) is 5.32 Å². The number of nitrogens with two attached hydrogens (primary N) is 1. The van der Waals surface area contributed by atoms with Crippen molar-refractivity contribution in [3.63, 3.8) is 0 Å². The van der Waals surface area contributed by atoms with E-state index in [1.807, 2.05) is 31.2 Å². The van der Waals surface area contributed by atoms with E-state index in [0.717, 1.165) is 10.0 Å². The van der Waals surface area contributed by atoms with Gasteiger partial charge in [-0.15, -0.1) is 0 Å². The highest BCUT2D eigenvalue weighted by Gasteiger charge is 2.15. The second-order valence-electron chi connectivity index (χ2n) is 4.46. The molecule has 0 spiro atoms. The van der Waals surface area contributed by atoms with Crippen LogP contribution in [0.5, 0.6) is 0 Å². The molecule has 0 aliphatic rings. The van der Waals surface area contributed by atoms with Crippen molar-refractivity contribution in [3.8, 4) is 0 Å². The highest BCUT2D eigenvalue weighted by molar-refractivity contribution is 9.10. The predicted molar refractivity (Wildman–Crippen MR) is 84.0 cm³/mol. The molecule has 2 aromatic carbocycles. The van der Waals surface area contributed by atoms with Gasteiger partial charge in [0, 0.05) is 10.5 Å². The van der Waals surface area contributed by atoms with Gasteiger partial charge < -0.3 is 5.32 Å². The van der Waals surface area contributed by atoms with E-state index >= 15 is 0 Å². The van der Waals surface area contributed by atoms with Crippen LogP contribution in [0.15, 0.2) is 57.9 Å². The molecule has 106 valence electrons. The van der Waals surface area contributed by atoms with Gasteiger partial charge in [0.15, 0.2) is 0 Å². The Labute approximate surface area is 127 Å². The zero-order valence-corrected chi connectivity index (χ0v) is 13.3. The molecule has 3 N–H and O–H groups in total. The minimum absolute atomic E-state index is 0.0361. The summed E-state index contributed by atoms with van der Waals surface area (Å²) in [5, 5.41) is 8.40. The number of hydrogen-bond acceptors (Lipinski definition) is 3. The minimum atomic E-state index is -3.74. The van der Waals surface area contributed by atoms with Crippen LogP contribution in [0.2, 0.25) is 0 Å². The number of anilines is 1. The smallest absolute Gasteiger partial charge is 0.240 e. The Morgan fingerprint density at radius 2 is 1.70 bits per heavy atom. The Kier molecular flexibility index (Phi) is 4.47. The number of halogens is 1. The first-order valence-electron chi connectivity index (χ1n) is 6.02. The van der Waals surface area contributed by atoms with E-state index in [-0.39, 0.29) is 10.9 Å². The number of para-hydroxylation sites is 1. The van der Waals surface area contributed by atoms with E-state index in [1.54, 1.807) is 18.2 Å². The first-order chi connectivity index (χ1) is 9.38.